The Kier molecular flexibility index (Phi) is 3.66. The highest BCUT2D eigenvalue weighted by molar-refractivity contribution is 7.91. The molecule has 4 nitrogen and oxygen atoms in total. The maximum atomic E-state index is 11.5. The second kappa shape index (κ2) is 4.85. The smallest absolute Gasteiger partial charge is 0.150 e. The van der Waals surface area contributed by atoms with Crippen molar-refractivity contribution in [3.63, 3.8) is 0 Å². The van der Waals surface area contributed by atoms with Gasteiger partial charge in [0.1, 0.15) is 0 Å². The number of hydrazine groups is 1. The Morgan fingerprint density at radius 3 is 2.75 bits per heavy atom. The SMILES string of the molecule is NNC(C1=CCCCC1)C1CCS(=O)(=O)C1. The van der Waals surface area contributed by atoms with Gasteiger partial charge < -0.3 is 0 Å². The maximum absolute atomic E-state index is 11.5. The zero-order chi connectivity index (χ0) is 11.6. The van der Waals surface area contributed by atoms with Crippen molar-refractivity contribution < 1.29 is 8.42 Å². The monoisotopic (exact) mass is 244 g/mol. The lowest BCUT2D eigenvalue weighted by Crippen LogP contribution is -2.43. The second-order valence-corrected chi connectivity index (χ2v) is 7.06. The highest BCUT2D eigenvalue weighted by atomic mass is 32.2. The van der Waals surface area contributed by atoms with E-state index in [1.165, 1.54) is 18.4 Å². The fourth-order valence-electron chi connectivity index (χ4n) is 2.78. The molecule has 5 heteroatoms. The lowest BCUT2D eigenvalue weighted by Gasteiger charge is -2.26. The Morgan fingerprint density at radius 1 is 1.44 bits per heavy atom. The lowest BCUT2D eigenvalue weighted by molar-refractivity contribution is 0.414. The molecule has 16 heavy (non-hydrogen) atoms. The first kappa shape index (κ1) is 12.1. The number of rotatable bonds is 3. The van der Waals surface area contributed by atoms with Crippen molar-refractivity contribution in [2.24, 2.45) is 11.8 Å². The molecule has 1 aliphatic heterocycles. The van der Waals surface area contributed by atoms with Crippen LogP contribution in [0, 0.1) is 5.92 Å². The van der Waals surface area contributed by atoms with E-state index in [0.717, 1.165) is 19.3 Å². The normalized spacial score (nSPS) is 31.1. The Hall–Kier alpha value is -0.390. The fourth-order valence-corrected chi connectivity index (χ4v) is 4.62. The van der Waals surface area contributed by atoms with Crippen LogP contribution in [-0.4, -0.2) is 26.0 Å². The van der Waals surface area contributed by atoms with Crippen LogP contribution < -0.4 is 11.3 Å². The molecule has 1 saturated heterocycles. The van der Waals surface area contributed by atoms with Crippen molar-refractivity contribution >= 4 is 9.84 Å². The van der Waals surface area contributed by atoms with Gasteiger partial charge in [0, 0.05) is 6.04 Å². The molecule has 1 heterocycles. The molecule has 0 aromatic heterocycles. The van der Waals surface area contributed by atoms with Gasteiger partial charge in [-0.2, -0.15) is 0 Å². The van der Waals surface area contributed by atoms with Gasteiger partial charge in [-0.05, 0) is 38.0 Å². The molecular formula is C11H20N2O2S. The van der Waals surface area contributed by atoms with E-state index in [4.69, 9.17) is 5.84 Å². The molecule has 0 radical (unpaired) electrons. The van der Waals surface area contributed by atoms with Gasteiger partial charge in [0.15, 0.2) is 9.84 Å². The third-order valence-electron chi connectivity index (χ3n) is 3.64. The van der Waals surface area contributed by atoms with E-state index in [9.17, 15) is 8.42 Å². The van der Waals surface area contributed by atoms with E-state index in [-0.39, 0.29) is 12.0 Å². The van der Waals surface area contributed by atoms with Gasteiger partial charge in [-0.25, -0.2) is 8.42 Å². The minimum absolute atomic E-state index is 0.0672. The largest absolute Gasteiger partial charge is 0.271 e. The summed E-state index contributed by atoms with van der Waals surface area (Å²) < 4.78 is 22.9. The summed E-state index contributed by atoms with van der Waals surface area (Å²) >= 11 is 0. The number of nitrogens with one attached hydrogen (secondary N) is 1. The van der Waals surface area contributed by atoms with Crippen LogP contribution in [0.25, 0.3) is 0 Å². The average Bonchev–Trinajstić information content (AvgIpc) is 2.62. The molecule has 3 N–H and O–H groups in total. The Balaban J connectivity index is 2.08. The molecule has 2 rings (SSSR count). The molecule has 2 atom stereocenters. The molecule has 0 spiro atoms. The van der Waals surface area contributed by atoms with Crippen molar-refractivity contribution in [2.75, 3.05) is 11.5 Å². The van der Waals surface area contributed by atoms with Gasteiger partial charge in [-0.1, -0.05) is 11.6 Å². The summed E-state index contributed by atoms with van der Waals surface area (Å²) in [5.41, 5.74) is 4.13. The molecule has 2 unspecified atom stereocenters. The van der Waals surface area contributed by atoms with E-state index < -0.39 is 9.84 Å². The van der Waals surface area contributed by atoms with Crippen molar-refractivity contribution in [3.05, 3.63) is 11.6 Å². The molecule has 0 saturated carbocycles. The molecule has 0 aromatic carbocycles. The summed E-state index contributed by atoms with van der Waals surface area (Å²) in [6.07, 6.45) is 7.58. The van der Waals surface area contributed by atoms with E-state index in [1.807, 2.05) is 0 Å². The molecular weight excluding hydrogens is 224 g/mol. The Labute approximate surface area is 97.2 Å². The first-order chi connectivity index (χ1) is 7.62. The van der Waals surface area contributed by atoms with Crippen molar-refractivity contribution in [2.45, 2.75) is 38.1 Å². The predicted molar refractivity (Wildman–Crippen MR) is 64.4 cm³/mol. The molecule has 1 fully saturated rings. The van der Waals surface area contributed by atoms with Gasteiger partial charge in [-0.15, -0.1) is 0 Å². The van der Waals surface area contributed by atoms with Gasteiger partial charge in [0.2, 0.25) is 0 Å². The lowest BCUT2D eigenvalue weighted by atomic mass is 9.86. The summed E-state index contributed by atoms with van der Waals surface area (Å²) in [5, 5.41) is 0. The van der Waals surface area contributed by atoms with Crippen LogP contribution in [-0.2, 0) is 9.84 Å². The van der Waals surface area contributed by atoms with Gasteiger partial charge in [0.25, 0.3) is 0 Å². The Bertz CT molecular complexity index is 375. The minimum Gasteiger partial charge on any atom is -0.271 e. The van der Waals surface area contributed by atoms with Crippen LogP contribution in [0.2, 0.25) is 0 Å². The minimum atomic E-state index is -2.81. The van der Waals surface area contributed by atoms with E-state index in [0.29, 0.717) is 11.5 Å². The predicted octanol–water partition coefficient (Wildman–Crippen LogP) is 0.753. The van der Waals surface area contributed by atoms with Crippen molar-refractivity contribution in [1.82, 2.24) is 5.43 Å². The molecule has 1 aliphatic carbocycles. The van der Waals surface area contributed by atoms with Crippen LogP contribution >= 0.6 is 0 Å². The standard InChI is InChI=1S/C11H20N2O2S/c12-13-11(9-4-2-1-3-5-9)10-6-7-16(14,15)8-10/h4,10-11,13H,1-3,5-8,12H2. The zero-order valence-corrected chi connectivity index (χ0v) is 10.3. The summed E-state index contributed by atoms with van der Waals surface area (Å²) in [7, 11) is -2.81. The van der Waals surface area contributed by atoms with Gasteiger partial charge in [0.05, 0.1) is 11.5 Å². The van der Waals surface area contributed by atoms with E-state index in [2.05, 4.69) is 11.5 Å². The topological polar surface area (TPSA) is 72.2 Å². The van der Waals surface area contributed by atoms with Crippen LogP contribution in [0.4, 0.5) is 0 Å². The summed E-state index contributed by atoms with van der Waals surface area (Å²) in [5.74, 6) is 6.37. The van der Waals surface area contributed by atoms with Crippen molar-refractivity contribution in [3.8, 4) is 0 Å². The van der Waals surface area contributed by atoms with Crippen LogP contribution in [0.5, 0.6) is 0 Å². The highest BCUT2D eigenvalue weighted by Crippen LogP contribution is 2.29. The molecule has 0 bridgehead atoms. The first-order valence-corrected chi connectivity index (χ1v) is 7.80. The fraction of sp³-hybridized carbons (Fsp3) is 0.818. The first-order valence-electron chi connectivity index (χ1n) is 5.98. The number of hydrogen-bond donors (Lipinski definition) is 2. The molecule has 2 aliphatic rings. The highest BCUT2D eigenvalue weighted by Gasteiger charge is 2.34. The van der Waals surface area contributed by atoms with Crippen molar-refractivity contribution in [1.29, 1.82) is 0 Å². The van der Waals surface area contributed by atoms with E-state index >= 15 is 0 Å². The van der Waals surface area contributed by atoms with Gasteiger partial charge in [-0.3, -0.25) is 11.3 Å². The summed E-state index contributed by atoms with van der Waals surface area (Å²) in [4.78, 5) is 0. The number of nitrogens with two attached hydrogens (primary N) is 1. The number of hydrogen-bond acceptors (Lipinski definition) is 4. The third kappa shape index (κ3) is 2.64. The molecule has 92 valence electrons. The second-order valence-electron chi connectivity index (χ2n) is 4.83. The number of sulfone groups is 1. The summed E-state index contributed by atoms with van der Waals surface area (Å²) in [6, 6.07) is 0.0672. The van der Waals surface area contributed by atoms with Crippen LogP contribution in [0.1, 0.15) is 32.1 Å². The maximum Gasteiger partial charge on any atom is 0.150 e. The summed E-state index contributed by atoms with van der Waals surface area (Å²) in [6.45, 7) is 0. The zero-order valence-electron chi connectivity index (χ0n) is 9.48. The average molecular weight is 244 g/mol. The van der Waals surface area contributed by atoms with Crippen LogP contribution in [0.15, 0.2) is 11.6 Å². The van der Waals surface area contributed by atoms with Gasteiger partial charge >= 0.3 is 0 Å². The van der Waals surface area contributed by atoms with Crippen LogP contribution in [0.3, 0.4) is 0 Å². The third-order valence-corrected chi connectivity index (χ3v) is 5.44. The molecule has 0 aromatic rings. The Morgan fingerprint density at radius 2 is 2.25 bits per heavy atom. The molecule has 0 amide bonds. The number of allylic oxidation sites excluding steroid dienone is 1. The van der Waals surface area contributed by atoms with E-state index in [1.54, 1.807) is 0 Å². The quantitative estimate of drug-likeness (QED) is 0.436.